The Labute approximate surface area is 202 Å². The molecule has 0 radical (unpaired) electrons. The summed E-state index contributed by atoms with van der Waals surface area (Å²) in [6, 6.07) is 20.4. The number of carboxylic acids is 1. The zero-order valence-electron chi connectivity index (χ0n) is 19.3. The van der Waals surface area contributed by atoms with E-state index < -0.39 is 12.0 Å². The minimum absolute atomic E-state index is 0.0300. The van der Waals surface area contributed by atoms with E-state index in [0.29, 0.717) is 26.2 Å². The summed E-state index contributed by atoms with van der Waals surface area (Å²) in [7, 11) is 0. The first kappa shape index (κ1) is 21.7. The number of hydrogen-bond donors (Lipinski definition) is 2. The molecule has 0 unspecified atom stereocenters. The number of pyridine rings is 1. The number of H-pyrrole nitrogens is 1. The molecule has 7 nitrogen and oxygen atoms in total. The Hall–Kier alpha value is -3.84. The summed E-state index contributed by atoms with van der Waals surface area (Å²) in [6.45, 7) is 2.38. The highest BCUT2D eigenvalue weighted by atomic mass is 16.5. The molecule has 1 saturated heterocycles. The van der Waals surface area contributed by atoms with Gasteiger partial charge >= 0.3 is 5.97 Å². The lowest BCUT2D eigenvalue weighted by Crippen LogP contribution is -2.49. The highest BCUT2D eigenvalue weighted by Gasteiger charge is 2.40. The highest BCUT2D eigenvalue weighted by Crippen LogP contribution is 2.40. The number of aromatic amines is 1. The first-order chi connectivity index (χ1) is 17.1. The number of nitrogens with one attached hydrogen (secondary N) is 1. The molecular formula is C28H27N3O4. The predicted octanol–water partition coefficient (Wildman–Crippen LogP) is 4.15. The van der Waals surface area contributed by atoms with Crippen molar-refractivity contribution >= 4 is 16.9 Å². The number of hydrogen-bond acceptors (Lipinski definition) is 4. The topological polar surface area (TPSA) is 87.6 Å². The third-order valence-corrected chi connectivity index (χ3v) is 7.34. The van der Waals surface area contributed by atoms with Crippen LogP contribution in [0.3, 0.4) is 0 Å². The Morgan fingerprint density at radius 1 is 1.06 bits per heavy atom. The number of carboxylic acid groups (broad SMARTS) is 1. The van der Waals surface area contributed by atoms with E-state index in [1.165, 1.54) is 0 Å². The fraction of sp³-hybridized carbons (Fsp3) is 0.286. The molecule has 0 saturated carbocycles. The first-order valence-electron chi connectivity index (χ1n) is 12.0. The third kappa shape index (κ3) is 4.02. The van der Waals surface area contributed by atoms with Gasteiger partial charge in [-0.15, -0.1) is 0 Å². The standard InChI is InChI=1S/C28H27N3O4/c32-26-8-4-7-25-20-11-19(15-31(25)26)14-30(16-20)27(28(33)34)23-13-29-24-12-21(9-10-22(23)24)35-17-18-5-2-1-3-6-18/h1-10,12-13,19-20,27,29H,11,14-17H2,(H,33,34)/t19-,20+,27-/m1/s1. The van der Waals surface area contributed by atoms with Crippen LogP contribution in [0, 0.1) is 5.92 Å². The van der Waals surface area contributed by atoms with Crippen LogP contribution in [0.15, 0.2) is 77.7 Å². The number of fused-ring (bicyclic) bond motifs is 5. The Bertz CT molecular complexity index is 1440. The summed E-state index contributed by atoms with van der Waals surface area (Å²) in [5.41, 5.74) is 3.74. The van der Waals surface area contributed by atoms with Crippen LogP contribution in [0.5, 0.6) is 5.75 Å². The number of benzene rings is 2. The maximum absolute atomic E-state index is 12.6. The normalized spacial score (nSPS) is 20.3. The molecule has 0 aliphatic carbocycles. The maximum Gasteiger partial charge on any atom is 0.325 e. The minimum atomic E-state index is -0.860. The van der Waals surface area contributed by atoms with E-state index in [1.54, 1.807) is 12.1 Å². The van der Waals surface area contributed by atoms with Gasteiger partial charge in [-0.3, -0.25) is 14.5 Å². The molecule has 35 heavy (non-hydrogen) atoms. The van der Waals surface area contributed by atoms with Gasteiger partial charge in [0.25, 0.3) is 5.56 Å². The van der Waals surface area contributed by atoms with E-state index in [4.69, 9.17) is 4.74 Å². The van der Waals surface area contributed by atoms with Gasteiger partial charge < -0.3 is 19.4 Å². The molecule has 2 bridgehead atoms. The van der Waals surface area contributed by atoms with Gasteiger partial charge in [0, 0.05) is 66.0 Å². The smallest absolute Gasteiger partial charge is 0.325 e. The van der Waals surface area contributed by atoms with E-state index in [1.807, 2.05) is 65.4 Å². The molecule has 2 N–H and O–H groups in total. The molecule has 2 aromatic heterocycles. The molecule has 2 aromatic carbocycles. The van der Waals surface area contributed by atoms with Gasteiger partial charge in [0.2, 0.25) is 0 Å². The van der Waals surface area contributed by atoms with Crippen LogP contribution in [0.1, 0.15) is 35.2 Å². The summed E-state index contributed by atoms with van der Waals surface area (Å²) in [5.74, 6) is 0.282. The molecule has 178 valence electrons. The van der Waals surface area contributed by atoms with E-state index in [9.17, 15) is 14.7 Å². The molecule has 6 rings (SSSR count). The molecule has 0 spiro atoms. The molecule has 3 atom stereocenters. The van der Waals surface area contributed by atoms with Crippen molar-refractivity contribution in [1.82, 2.24) is 14.5 Å². The van der Waals surface area contributed by atoms with E-state index in [-0.39, 0.29) is 17.4 Å². The second kappa shape index (κ2) is 8.74. The second-order valence-corrected chi connectivity index (χ2v) is 9.62. The van der Waals surface area contributed by atoms with Gasteiger partial charge in [-0.25, -0.2) is 0 Å². The number of aromatic nitrogens is 2. The van der Waals surface area contributed by atoms with Gasteiger partial charge in [0.1, 0.15) is 18.4 Å². The summed E-state index contributed by atoms with van der Waals surface area (Å²) in [4.78, 5) is 30.2. The predicted molar refractivity (Wildman–Crippen MR) is 133 cm³/mol. The van der Waals surface area contributed by atoms with Crippen molar-refractivity contribution in [2.24, 2.45) is 5.92 Å². The molecule has 2 aliphatic rings. The number of carbonyl (C=O) groups is 1. The zero-order valence-corrected chi connectivity index (χ0v) is 19.3. The zero-order chi connectivity index (χ0) is 23.9. The Kier molecular flexibility index (Phi) is 5.41. The van der Waals surface area contributed by atoms with E-state index in [2.05, 4.69) is 9.88 Å². The van der Waals surface area contributed by atoms with E-state index >= 15 is 0 Å². The molecule has 7 heteroatoms. The Morgan fingerprint density at radius 3 is 2.74 bits per heavy atom. The molecule has 4 aromatic rings. The van der Waals surface area contributed by atoms with Crippen LogP contribution in [0.4, 0.5) is 0 Å². The van der Waals surface area contributed by atoms with Crippen LogP contribution in [0.25, 0.3) is 10.9 Å². The van der Waals surface area contributed by atoms with E-state index in [0.717, 1.165) is 39.9 Å². The van der Waals surface area contributed by atoms with Crippen molar-refractivity contribution in [3.05, 3.63) is 100 Å². The molecule has 2 aliphatic heterocycles. The van der Waals surface area contributed by atoms with Gasteiger partial charge in [0.05, 0.1) is 0 Å². The lowest BCUT2D eigenvalue weighted by Gasteiger charge is -2.44. The Morgan fingerprint density at radius 2 is 1.91 bits per heavy atom. The number of piperidine rings is 1. The lowest BCUT2D eigenvalue weighted by molar-refractivity contribution is -0.144. The maximum atomic E-state index is 12.6. The fourth-order valence-electron chi connectivity index (χ4n) is 5.81. The summed E-state index contributed by atoms with van der Waals surface area (Å²) < 4.78 is 7.82. The number of nitrogens with zero attached hydrogens (tertiary/aromatic N) is 2. The Balaban J connectivity index is 1.27. The first-order valence-corrected chi connectivity index (χ1v) is 12.0. The van der Waals surface area contributed by atoms with Crippen molar-refractivity contribution < 1.29 is 14.6 Å². The summed E-state index contributed by atoms with van der Waals surface area (Å²) in [6.07, 6.45) is 2.80. The largest absolute Gasteiger partial charge is 0.489 e. The lowest BCUT2D eigenvalue weighted by atomic mass is 9.82. The highest BCUT2D eigenvalue weighted by molar-refractivity contribution is 5.90. The molecule has 4 heterocycles. The van der Waals surface area contributed by atoms with Crippen LogP contribution in [-0.2, 0) is 17.9 Å². The third-order valence-electron chi connectivity index (χ3n) is 7.34. The van der Waals surface area contributed by atoms with Crippen LogP contribution in [0.2, 0.25) is 0 Å². The van der Waals surface area contributed by atoms with Crippen molar-refractivity contribution in [3.8, 4) is 5.75 Å². The number of likely N-dealkylation sites (tertiary alicyclic amines) is 1. The van der Waals surface area contributed by atoms with Gasteiger partial charge in [-0.1, -0.05) is 36.4 Å². The van der Waals surface area contributed by atoms with Gasteiger partial charge in [-0.2, -0.15) is 0 Å². The monoisotopic (exact) mass is 469 g/mol. The number of rotatable bonds is 6. The van der Waals surface area contributed by atoms with Crippen molar-refractivity contribution in [1.29, 1.82) is 0 Å². The average Bonchev–Trinajstić information content (AvgIpc) is 3.27. The van der Waals surface area contributed by atoms with Crippen molar-refractivity contribution in [2.75, 3.05) is 13.1 Å². The fourth-order valence-corrected chi connectivity index (χ4v) is 5.81. The SMILES string of the molecule is O=C(O)[C@@H](c1c[nH]c2cc(OCc3ccccc3)ccc12)N1C[C@H]2C[C@@H](C1)c1cccc(=O)n1C2. The summed E-state index contributed by atoms with van der Waals surface area (Å²) >= 11 is 0. The second-order valence-electron chi connectivity index (χ2n) is 9.62. The number of aliphatic carboxylic acids is 1. The minimum Gasteiger partial charge on any atom is -0.489 e. The molecule has 0 amide bonds. The van der Waals surface area contributed by atoms with Gasteiger partial charge in [0.15, 0.2) is 0 Å². The van der Waals surface area contributed by atoms with Crippen molar-refractivity contribution in [2.45, 2.75) is 31.5 Å². The number of ether oxygens (including phenoxy) is 1. The molecule has 1 fully saturated rings. The average molecular weight is 470 g/mol. The van der Waals surface area contributed by atoms with Crippen molar-refractivity contribution in [3.63, 3.8) is 0 Å². The van der Waals surface area contributed by atoms with Gasteiger partial charge in [-0.05, 0) is 36.1 Å². The van der Waals surface area contributed by atoms with Crippen LogP contribution >= 0.6 is 0 Å². The molecular weight excluding hydrogens is 442 g/mol. The quantitative estimate of drug-likeness (QED) is 0.443. The van der Waals surface area contributed by atoms with Crippen LogP contribution < -0.4 is 10.3 Å². The van der Waals surface area contributed by atoms with Crippen LogP contribution in [-0.4, -0.2) is 38.6 Å². The summed E-state index contributed by atoms with van der Waals surface area (Å²) in [5, 5.41) is 11.2.